The third-order valence-corrected chi connectivity index (χ3v) is 7.10. The number of benzene rings is 3. The van der Waals surface area contributed by atoms with Gasteiger partial charge in [-0.15, -0.1) is 0 Å². The maximum absolute atomic E-state index is 12.5. The van der Waals surface area contributed by atoms with Gasteiger partial charge in [0.15, 0.2) is 29.6 Å². The van der Waals surface area contributed by atoms with Crippen LogP contribution in [0.1, 0.15) is 36.6 Å². The molecule has 13 heteroatoms. The fourth-order valence-electron chi connectivity index (χ4n) is 4.46. The Morgan fingerprint density at radius 3 is 2.49 bits per heavy atom. The van der Waals surface area contributed by atoms with Crippen LogP contribution in [0.15, 0.2) is 81.5 Å². The van der Waals surface area contributed by atoms with Crippen molar-refractivity contribution in [1.29, 1.82) is 0 Å². The molecule has 45 heavy (non-hydrogen) atoms. The maximum atomic E-state index is 12.5. The Hall–Kier alpha value is -5.04. The van der Waals surface area contributed by atoms with Crippen LogP contribution in [0.3, 0.4) is 0 Å². The first-order valence-corrected chi connectivity index (χ1v) is 14.7. The fourth-order valence-corrected chi connectivity index (χ4v) is 5.03. The number of allylic oxidation sites excluding steroid dienone is 1. The van der Waals surface area contributed by atoms with Crippen LogP contribution >= 0.6 is 15.9 Å². The summed E-state index contributed by atoms with van der Waals surface area (Å²) in [4.78, 5) is 37.0. The van der Waals surface area contributed by atoms with E-state index in [1.54, 1.807) is 37.3 Å². The van der Waals surface area contributed by atoms with E-state index in [4.69, 9.17) is 23.7 Å². The third-order valence-electron chi connectivity index (χ3n) is 6.51. The monoisotopic (exact) mass is 680 g/mol. The minimum Gasteiger partial charge on any atom is -0.493 e. The number of esters is 1. The van der Waals surface area contributed by atoms with Gasteiger partial charge in [-0.05, 0) is 70.7 Å². The number of hydrazone groups is 1. The average Bonchev–Trinajstić information content (AvgIpc) is 3.03. The summed E-state index contributed by atoms with van der Waals surface area (Å²) in [6, 6.07) is 17.0. The topological polar surface area (TPSA) is 146 Å². The molecule has 1 heterocycles. The standard InChI is InChI=1S/C32H33BrN4O8/c1-5-43-26-14-21(13-23(33)30(26)45-17-20-9-7-6-8-10-20)16-34-37-27(38)18-44-24-12-11-22(15-25(24)41-3)29-28(31(39)42-4)19(2)35-32(40)36-29/h6-16,29H,5,17-18H2,1-4H3,(H,37,38)(H2,35,36,40)/b34-16-/t29-/m0/s1. The zero-order valence-corrected chi connectivity index (χ0v) is 26.7. The number of urea groups is 1. The first-order chi connectivity index (χ1) is 21.7. The van der Waals surface area contributed by atoms with E-state index in [9.17, 15) is 14.4 Å². The van der Waals surface area contributed by atoms with E-state index in [0.29, 0.717) is 51.8 Å². The van der Waals surface area contributed by atoms with Gasteiger partial charge >= 0.3 is 12.0 Å². The lowest BCUT2D eigenvalue weighted by Crippen LogP contribution is -2.45. The lowest BCUT2D eigenvalue weighted by atomic mass is 9.95. The van der Waals surface area contributed by atoms with Crippen LogP contribution in [0.2, 0.25) is 0 Å². The Balaban J connectivity index is 1.38. The summed E-state index contributed by atoms with van der Waals surface area (Å²) >= 11 is 3.54. The Kier molecular flexibility index (Phi) is 11.4. The van der Waals surface area contributed by atoms with E-state index < -0.39 is 23.9 Å². The number of hydrogen-bond donors (Lipinski definition) is 3. The highest BCUT2D eigenvalue weighted by molar-refractivity contribution is 9.10. The summed E-state index contributed by atoms with van der Waals surface area (Å²) < 4.78 is 28.5. The summed E-state index contributed by atoms with van der Waals surface area (Å²) in [5.41, 5.74) is 5.30. The summed E-state index contributed by atoms with van der Waals surface area (Å²) in [7, 11) is 2.70. The molecule has 0 fully saturated rings. The zero-order chi connectivity index (χ0) is 32.3. The minimum atomic E-state index is -0.778. The Labute approximate surface area is 268 Å². The van der Waals surface area contributed by atoms with Gasteiger partial charge in [-0.1, -0.05) is 36.4 Å². The first-order valence-electron chi connectivity index (χ1n) is 13.9. The van der Waals surface area contributed by atoms with Gasteiger partial charge in [0.25, 0.3) is 5.91 Å². The van der Waals surface area contributed by atoms with Crippen LogP contribution < -0.4 is 35.0 Å². The van der Waals surface area contributed by atoms with E-state index in [-0.39, 0.29) is 17.9 Å². The molecule has 1 aliphatic rings. The molecule has 0 saturated heterocycles. The lowest BCUT2D eigenvalue weighted by Gasteiger charge is -2.28. The molecule has 0 spiro atoms. The van der Waals surface area contributed by atoms with Crippen molar-refractivity contribution in [2.75, 3.05) is 27.4 Å². The summed E-state index contributed by atoms with van der Waals surface area (Å²) in [5.74, 6) is 0.559. The van der Waals surface area contributed by atoms with Crippen molar-refractivity contribution >= 4 is 40.1 Å². The molecular formula is C32H33BrN4O8. The fraction of sp³-hybridized carbons (Fsp3) is 0.250. The van der Waals surface area contributed by atoms with E-state index in [1.165, 1.54) is 20.4 Å². The Morgan fingerprint density at radius 2 is 1.78 bits per heavy atom. The van der Waals surface area contributed by atoms with Crippen LogP contribution in [0, 0.1) is 0 Å². The van der Waals surface area contributed by atoms with Crippen LogP contribution in [-0.4, -0.2) is 51.6 Å². The second-order valence-corrected chi connectivity index (χ2v) is 10.4. The number of carbonyl (C=O) groups excluding carboxylic acids is 3. The van der Waals surface area contributed by atoms with Crippen molar-refractivity contribution < 1.29 is 38.1 Å². The van der Waals surface area contributed by atoms with Gasteiger partial charge in [-0.25, -0.2) is 15.0 Å². The molecule has 3 aromatic rings. The highest BCUT2D eigenvalue weighted by Gasteiger charge is 2.32. The number of hydrogen-bond acceptors (Lipinski definition) is 9. The van der Waals surface area contributed by atoms with Crippen molar-refractivity contribution in [3.8, 4) is 23.0 Å². The molecule has 0 radical (unpaired) electrons. The molecule has 4 rings (SSSR count). The summed E-state index contributed by atoms with van der Waals surface area (Å²) in [5, 5.41) is 9.32. The van der Waals surface area contributed by atoms with E-state index in [1.807, 2.05) is 37.3 Å². The number of rotatable bonds is 13. The number of halogens is 1. The van der Waals surface area contributed by atoms with Crippen molar-refractivity contribution in [3.63, 3.8) is 0 Å². The molecule has 0 saturated carbocycles. The van der Waals surface area contributed by atoms with Gasteiger partial charge in [0, 0.05) is 5.70 Å². The molecule has 12 nitrogen and oxygen atoms in total. The molecular weight excluding hydrogens is 648 g/mol. The van der Waals surface area contributed by atoms with Gasteiger partial charge in [0.05, 0.1) is 43.1 Å². The highest BCUT2D eigenvalue weighted by Crippen LogP contribution is 2.37. The zero-order valence-electron chi connectivity index (χ0n) is 25.1. The number of methoxy groups -OCH3 is 2. The van der Waals surface area contributed by atoms with Gasteiger partial charge in [0.2, 0.25) is 0 Å². The second kappa shape index (κ2) is 15.6. The number of ether oxygens (including phenoxy) is 5. The van der Waals surface area contributed by atoms with Crippen LogP contribution in [-0.2, 0) is 20.9 Å². The number of nitrogens with zero attached hydrogens (tertiary/aromatic N) is 1. The molecule has 0 aliphatic carbocycles. The SMILES string of the molecule is CCOc1cc(/C=N\NC(=O)COc2ccc([C@@H]3NC(=O)NC(C)=C3C(=O)OC)cc2OC)cc(Br)c1OCc1ccccc1. The smallest absolute Gasteiger partial charge is 0.337 e. The molecule has 1 atom stereocenters. The number of nitrogens with one attached hydrogen (secondary N) is 3. The molecule has 0 unspecified atom stereocenters. The highest BCUT2D eigenvalue weighted by atomic mass is 79.9. The predicted octanol–water partition coefficient (Wildman–Crippen LogP) is 4.77. The van der Waals surface area contributed by atoms with Gasteiger partial charge < -0.3 is 34.3 Å². The molecule has 0 aromatic heterocycles. The third kappa shape index (κ3) is 8.54. The van der Waals surface area contributed by atoms with Crippen molar-refractivity contribution in [2.45, 2.75) is 26.5 Å². The normalized spacial score (nSPS) is 14.3. The predicted molar refractivity (Wildman–Crippen MR) is 169 cm³/mol. The van der Waals surface area contributed by atoms with Gasteiger partial charge in [-0.2, -0.15) is 5.10 Å². The van der Waals surface area contributed by atoms with Crippen LogP contribution in [0.25, 0.3) is 0 Å². The number of amides is 3. The molecule has 236 valence electrons. The van der Waals surface area contributed by atoms with Crippen molar-refractivity contribution in [1.82, 2.24) is 16.1 Å². The first kappa shape index (κ1) is 32.9. The Bertz CT molecular complexity index is 1610. The van der Waals surface area contributed by atoms with E-state index in [2.05, 4.69) is 37.1 Å². The maximum Gasteiger partial charge on any atom is 0.337 e. The minimum absolute atomic E-state index is 0.250. The molecule has 3 aromatic carbocycles. The number of carbonyl (C=O) groups is 3. The van der Waals surface area contributed by atoms with Gasteiger partial charge in [-0.3, -0.25) is 4.79 Å². The van der Waals surface area contributed by atoms with Gasteiger partial charge in [0.1, 0.15) is 6.61 Å². The van der Waals surface area contributed by atoms with E-state index in [0.717, 1.165) is 5.56 Å². The second-order valence-electron chi connectivity index (χ2n) is 9.59. The van der Waals surface area contributed by atoms with Crippen molar-refractivity contribution in [2.24, 2.45) is 5.10 Å². The quantitative estimate of drug-likeness (QED) is 0.133. The molecule has 1 aliphatic heterocycles. The van der Waals surface area contributed by atoms with E-state index >= 15 is 0 Å². The van der Waals surface area contributed by atoms with Crippen molar-refractivity contribution in [3.05, 3.63) is 93.1 Å². The van der Waals surface area contributed by atoms with Crippen LogP contribution in [0.5, 0.6) is 23.0 Å². The molecule has 3 amide bonds. The summed E-state index contributed by atoms with van der Waals surface area (Å²) in [6.45, 7) is 3.94. The molecule has 0 bridgehead atoms. The summed E-state index contributed by atoms with van der Waals surface area (Å²) in [6.07, 6.45) is 1.48. The Morgan fingerprint density at radius 1 is 1.00 bits per heavy atom. The lowest BCUT2D eigenvalue weighted by molar-refractivity contribution is -0.136. The molecule has 3 N–H and O–H groups in total. The van der Waals surface area contributed by atoms with Crippen LogP contribution in [0.4, 0.5) is 4.79 Å². The largest absolute Gasteiger partial charge is 0.493 e. The average molecular weight is 682 g/mol.